The number of carbonyl (C=O) groups is 3. The van der Waals surface area contributed by atoms with Gasteiger partial charge in [-0.3, -0.25) is 14.4 Å². The van der Waals surface area contributed by atoms with Gasteiger partial charge in [-0.2, -0.15) is 0 Å². The minimum Gasteiger partial charge on any atom is -0.455 e. The monoisotopic (exact) mass is 380 g/mol. The second-order valence-electron chi connectivity index (χ2n) is 6.91. The summed E-state index contributed by atoms with van der Waals surface area (Å²) >= 11 is 0. The summed E-state index contributed by atoms with van der Waals surface area (Å²) in [6.45, 7) is 3.88. The van der Waals surface area contributed by atoms with Crippen molar-refractivity contribution in [3.8, 4) is 0 Å². The molecule has 1 atom stereocenters. The third-order valence-electron chi connectivity index (χ3n) is 4.80. The summed E-state index contributed by atoms with van der Waals surface area (Å²) in [6.07, 6.45) is 0.894. The molecule has 0 aromatic heterocycles. The fourth-order valence-electron chi connectivity index (χ4n) is 3.26. The van der Waals surface area contributed by atoms with Crippen LogP contribution in [0.15, 0.2) is 48.5 Å². The average Bonchev–Trinajstić information content (AvgIpc) is 3.09. The lowest BCUT2D eigenvalue weighted by atomic mass is 10.1. The lowest BCUT2D eigenvalue weighted by Gasteiger charge is -2.19. The fraction of sp³-hybridized carbons (Fsp3) is 0.318. The number of esters is 1. The quantitative estimate of drug-likeness (QED) is 0.782. The van der Waals surface area contributed by atoms with Gasteiger partial charge in [0.2, 0.25) is 5.91 Å². The van der Waals surface area contributed by atoms with Crippen molar-refractivity contribution in [3.05, 3.63) is 59.7 Å². The summed E-state index contributed by atoms with van der Waals surface area (Å²) in [5.41, 5.74) is 3.62. The van der Waals surface area contributed by atoms with Gasteiger partial charge in [-0.05, 0) is 37.1 Å². The number of amides is 2. The van der Waals surface area contributed by atoms with Crippen molar-refractivity contribution >= 4 is 29.2 Å². The van der Waals surface area contributed by atoms with Crippen LogP contribution < -0.4 is 10.2 Å². The van der Waals surface area contributed by atoms with Gasteiger partial charge in [0.1, 0.15) is 0 Å². The van der Waals surface area contributed by atoms with Gasteiger partial charge in [0, 0.05) is 24.3 Å². The first-order chi connectivity index (χ1) is 13.5. The zero-order valence-corrected chi connectivity index (χ0v) is 16.1. The maximum absolute atomic E-state index is 12.4. The molecule has 0 saturated carbocycles. The van der Waals surface area contributed by atoms with Gasteiger partial charge in [-0.25, -0.2) is 0 Å². The number of hydrogen-bond acceptors (Lipinski definition) is 4. The van der Waals surface area contributed by atoms with E-state index in [-0.39, 0.29) is 25.5 Å². The first-order valence-corrected chi connectivity index (χ1v) is 9.39. The molecule has 2 aromatic carbocycles. The Labute approximate surface area is 164 Å². The molecule has 2 aromatic rings. The number of rotatable bonds is 6. The Morgan fingerprint density at radius 2 is 1.86 bits per heavy atom. The number of hydrogen-bond donors (Lipinski definition) is 1. The Hall–Kier alpha value is -3.15. The van der Waals surface area contributed by atoms with Crippen LogP contribution in [0.25, 0.3) is 0 Å². The van der Waals surface area contributed by atoms with Crippen LogP contribution in [0.2, 0.25) is 0 Å². The van der Waals surface area contributed by atoms with Crippen LogP contribution in [-0.4, -0.2) is 30.9 Å². The second-order valence-corrected chi connectivity index (χ2v) is 6.91. The average molecular weight is 380 g/mol. The highest BCUT2D eigenvalue weighted by Crippen LogP contribution is 2.29. The molecule has 6 nitrogen and oxygen atoms in total. The van der Waals surface area contributed by atoms with Crippen LogP contribution in [0.3, 0.4) is 0 Å². The zero-order chi connectivity index (χ0) is 20.1. The second kappa shape index (κ2) is 8.69. The summed E-state index contributed by atoms with van der Waals surface area (Å²) in [5.74, 6) is -1.60. The minimum atomic E-state index is -0.565. The number of anilines is 2. The topological polar surface area (TPSA) is 75.7 Å². The van der Waals surface area contributed by atoms with Crippen molar-refractivity contribution in [2.24, 2.45) is 5.92 Å². The zero-order valence-electron chi connectivity index (χ0n) is 16.1. The molecule has 6 heteroatoms. The van der Waals surface area contributed by atoms with E-state index in [0.29, 0.717) is 5.69 Å². The van der Waals surface area contributed by atoms with Crippen molar-refractivity contribution in [1.29, 1.82) is 0 Å². The molecule has 0 bridgehead atoms. The van der Waals surface area contributed by atoms with E-state index in [9.17, 15) is 14.4 Å². The van der Waals surface area contributed by atoms with E-state index in [4.69, 9.17) is 4.74 Å². The molecule has 0 unspecified atom stereocenters. The fourth-order valence-corrected chi connectivity index (χ4v) is 3.26. The predicted octanol–water partition coefficient (Wildman–Crippen LogP) is 3.09. The number of nitrogens with zero attached hydrogens (tertiary/aromatic N) is 1. The molecule has 1 heterocycles. The molecular formula is C22H24N2O4. The number of aryl methyl sites for hydroxylation is 2. The number of ether oxygens (including phenoxy) is 1. The first kappa shape index (κ1) is 19.6. The van der Waals surface area contributed by atoms with E-state index in [1.165, 1.54) is 0 Å². The standard InChI is InChI=1S/C22H24N2O4/c1-3-16-6-4-5-7-19(16)24-13-17(12-21(24)26)22(27)28-14-20(25)23-18-10-8-15(2)9-11-18/h4-11,17H,3,12-14H2,1-2H3,(H,23,25)/t17-/m1/s1. The lowest BCUT2D eigenvalue weighted by molar-refractivity contribution is -0.151. The highest BCUT2D eigenvalue weighted by atomic mass is 16.5. The minimum absolute atomic E-state index is 0.0937. The van der Waals surface area contributed by atoms with Crippen LogP contribution >= 0.6 is 0 Å². The number of benzene rings is 2. The van der Waals surface area contributed by atoms with Crippen molar-refractivity contribution < 1.29 is 19.1 Å². The number of carbonyl (C=O) groups excluding carboxylic acids is 3. The van der Waals surface area contributed by atoms with Crippen LogP contribution in [0, 0.1) is 12.8 Å². The van der Waals surface area contributed by atoms with Gasteiger partial charge < -0.3 is 15.0 Å². The molecule has 0 aliphatic carbocycles. The maximum Gasteiger partial charge on any atom is 0.311 e. The molecule has 146 valence electrons. The molecule has 1 N–H and O–H groups in total. The van der Waals surface area contributed by atoms with Crippen LogP contribution in [0.5, 0.6) is 0 Å². The Bertz CT molecular complexity index is 876. The predicted molar refractivity (Wildman–Crippen MR) is 107 cm³/mol. The largest absolute Gasteiger partial charge is 0.455 e. The molecule has 1 saturated heterocycles. The molecule has 1 fully saturated rings. The Morgan fingerprint density at radius 3 is 2.57 bits per heavy atom. The van der Waals surface area contributed by atoms with E-state index < -0.39 is 17.8 Å². The van der Waals surface area contributed by atoms with Gasteiger partial charge in [-0.1, -0.05) is 42.8 Å². The molecule has 1 aliphatic rings. The lowest BCUT2D eigenvalue weighted by Crippen LogP contribution is -2.28. The smallest absolute Gasteiger partial charge is 0.311 e. The van der Waals surface area contributed by atoms with Crippen LogP contribution in [-0.2, 0) is 25.5 Å². The van der Waals surface area contributed by atoms with E-state index >= 15 is 0 Å². The first-order valence-electron chi connectivity index (χ1n) is 9.39. The molecule has 0 radical (unpaired) electrons. The molecule has 1 aliphatic heterocycles. The Balaban J connectivity index is 1.54. The summed E-state index contributed by atoms with van der Waals surface area (Å²) in [4.78, 5) is 38.4. The summed E-state index contributed by atoms with van der Waals surface area (Å²) < 4.78 is 5.14. The van der Waals surface area contributed by atoms with Gasteiger partial charge in [0.25, 0.3) is 5.91 Å². The van der Waals surface area contributed by atoms with Gasteiger partial charge in [0.05, 0.1) is 5.92 Å². The number of para-hydroxylation sites is 1. The molecule has 0 spiro atoms. The SMILES string of the molecule is CCc1ccccc1N1C[C@H](C(=O)OCC(=O)Nc2ccc(C)cc2)CC1=O. The van der Waals surface area contributed by atoms with Crippen molar-refractivity contribution in [2.45, 2.75) is 26.7 Å². The molecule has 2 amide bonds. The Kier molecular flexibility index (Phi) is 6.09. The Morgan fingerprint density at radius 1 is 1.14 bits per heavy atom. The molecule has 3 rings (SSSR count). The van der Waals surface area contributed by atoms with E-state index in [0.717, 1.165) is 23.2 Å². The summed E-state index contributed by atoms with van der Waals surface area (Å²) in [5, 5.41) is 2.68. The third kappa shape index (κ3) is 4.57. The third-order valence-corrected chi connectivity index (χ3v) is 4.80. The van der Waals surface area contributed by atoms with Gasteiger partial charge in [0.15, 0.2) is 6.61 Å². The van der Waals surface area contributed by atoms with Gasteiger partial charge in [-0.15, -0.1) is 0 Å². The van der Waals surface area contributed by atoms with E-state index in [1.54, 1.807) is 17.0 Å². The highest BCUT2D eigenvalue weighted by molar-refractivity contribution is 6.00. The summed E-state index contributed by atoms with van der Waals surface area (Å²) in [7, 11) is 0. The van der Waals surface area contributed by atoms with Crippen molar-refractivity contribution in [2.75, 3.05) is 23.4 Å². The number of nitrogens with one attached hydrogen (secondary N) is 1. The normalized spacial score (nSPS) is 16.1. The van der Waals surface area contributed by atoms with Crippen LogP contribution in [0.1, 0.15) is 24.5 Å². The van der Waals surface area contributed by atoms with Gasteiger partial charge >= 0.3 is 5.97 Å². The summed E-state index contributed by atoms with van der Waals surface area (Å²) in [6, 6.07) is 15.0. The maximum atomic E-state index is 12.4. The van der Waals surface area contributed by atoms with Crippen molar-refractivity contribution in [3.63, 3.8) is 0 Å². The van der Waals surface area contributed by atoms with Crippen LogP contribution in [0.4, 0.5) is 11.4 Å². The van der Waals surface area contributed by atoms with E-state index in [2.05, 4.69) is 5.32 Å². The van der Waals surface area contributed by atoms with E-state index in [1.807, 2.05) is 50.2 Å². The van der Waals surface area contributed by atoms with Crippen molar-refractivity contribution in [1.82, 2.24) is 0 Å². The molecule has 28 heavy (non-hydrogen) atoms. The molecular weight excluding hydrogens is 356 g/mol. The highest BCUT2D eigenvalue weighted by Gasteiger charge is 2.36.